The molecule has 0 amide bonds. The first kappa shape index (κ1) is 14.6. The summed E-state index contributed by atoms with van der Waals surface area (Å²) in [7, 11) is 0. The van der Waals surface area contributed by atoms with Crippen LogP contribution in [0.15, 0.2) is 42.7 Å². The minimum atomic E-state index is 0.853. The van der Waals surface area contributed by atoms with Crippen LogP contribution in [0.4, 0.5) is 5.82 Å². The van der Waals surface area contributed by atoms with Crippen molar-refractivity contribution < 1.29 is 0 Å². The monoisotopic (exact) mass is 308 g/mol. The van der Waals surface area contributed by atoms with Crippen LogP contribution in [0.2, 0.25) is 0 Å². The topological polar surface area (TPSA) is 32.3 Å². The summed E-state index contributed by atoms with van der Waals surface area (Å²) in [6, 6.07) is 8.30. The molecule has 4 nitrogen and oxygen atoms in total. The summed E-state index contributed by atoms with van der Waals surface area (Å²) >= 11 is 0. The van der Waals surface area contributed by atoms with Crippen LogP contribution >= 0.6 is 0 Å². The first-order valence-electron chi connectivity index (χ1n) is 8.72. The van der Waals surface area contributed by atoms with Crippen molar-refractivity contribution in [2.75, 3.05) is 37.6 Å². The third-order valence-electron chi connectivity index (χ3n) is 5.09. The smallest absolute Gasteiger partial charge is 0.139 e. The lowest BCUT2D eigenvalue weighted by atomic mass is 9.94. The fraction of sp³-hybridized carbons (Fsp3) is 0.474. The van der Waals surface area contributed by atoms with Crippen molar-refractivity contribution in [3.63, 3.8) is 0 Å². The fourth-order valence-electron chi connectivity index (χ4n) is 3.77. The molecule has 0 bridgehead atoms. The zero-order chi connectivity index (χ0) is 15.5. The molecule has 0 spiro atoms. The molecule has 120 valence electrons. The summed E-state index contributed by atoms with van der Waals surface area (Å²) in [5.41, 5.74) is 1.04. The molecular formula is C19H24N4. The number of allylic oxidation sites excluding steroid dienone is 2. The molecule has 1 saturated heterocycles. The summed E-state index contributed by atoms with van der Waals surface area (Å²) in [6.45, 7) is 5.65. The highest BCUT2D eigenvalue weighted by Crippen LogP contribution is 2.24. The largest absolute Gasteiger partial charge is 0.353 e. The number of anilines is 1. The molecule has 2 aliphatic rings. The SMILES string of the molecule is C1=CCC(CN2CCN(c3ncnc4ccccc34)CC2)CC1. The molecular weight excluding hydrogens is 284 g/mol. The van der Waals surface area contributed by atoms with Crippen molar-refractivity contribution in [1.82, 2.24) is 14.9 Å². The molecule has 0 radical (unpaired) electrons. The third-order valence-corrected chi connectivity index (χ3v) is 5.09. The molecule has 0 saturated carbocycles. The molecule has 1 unspecified atom stereocenters. The Morgan fingerprint density at radius 1 is 1.00 bits per heavy atom. The number of aromatic nitrogens is 2. The van der Waals surface area contributed by atoms with Crippen molar-refractivity contribution in [2.24, 2.45) is 5.92 Å². The van der Waals surface area contributed by atoms with Gasteiger partial charge in [-0.15, -0.1) is 0 Å². The first-order valence-corrected chi connectivity index (χ1v) is 8.72. The normalized spacial score (nSPS) is 22.6. The number of piperazine rings is 1. The van der Waals surface area contributed by atoms with Crippen LogP contribution in [0.5, 0.6) is 0 Å². The van der Waals surface area contributed by atoms with Gasteiger partial charge >= 0.3 is 0 Å². The van der Waals surface area contributed by atoms with E-state index in [0.717, 1.165) is 43.4 Å². The molecule has 1 aliphatic carbocycles. The van der Waals surface area contributed by atoms with Crippen LogP contribution in [0.1, 0.15) is 19.3 Å². The van der Waals surface area contributed by atoms with Crippen molar-refractivity contribution in [2.45, 2.75) is 19.3 Å². The number of para-hydroxylation sites is 1. The number of rotatable bonds is 3. The van der Waals surface area contributed by atoms with Gasteiger partial charge in [0.2, 0.25) is 0 Å². The van der Waals surface area contributed by atoms with Gasteiger partial charge in [0, 0.05) is 38.1 Å². The lowest BCUT2D eigenvalue weighted by Gasteiger charge is -2.37. The van der Waals surface area contributed by atoms with Gasteiger partial charge in [-0.1, -0.05) is 24.3 Å². The summed E-state index contributed by atoms with van der Waals surface area (Å²) in [6.07, 6.45) is 10.3. The molecule has 1 fully saturated rings. The van der Waals surface area contributed by atoms with Crippen LogP contribution in [-0.2, 0) is 0 Å². The van der Waals surface area contributed by atoms with Gasteiger partial charge in [0.15, 0.2) is 0 Å². The molecule has 1 aromatic carbocycles. The van der Waals surface area contributed by atoms with Gasteiger partial charge in [0.05, 0.1) is 5.52 Å². The Bertz CT molecular complexity index is 683. The highest BCUT2D eigenvalue weighted by atomic mass is 15.3. The van der Waals surface area contributed by atoms with Gasteiger partial charge < -0.3 is 4.90 Å². The molecule has 0 N–H and O–H groups in total. The number of nitrogens with zero attached hydrogens (tertiary/aromatic N) is 4. The Labute approximate surface area is 137 Å². The van der Waals surface area contributed by atoms with Gasteiger partial charge in [-0.25, -0.2) is 9.97 Å². The van der Waals surface area contributed by atoms with Gasteiger partial charge in [0.1, 0.15) is 12.1 Å². The standard InChI is InChI=1S/C19H24N4/c1-2-6-16(7-3-1)14-22-10-12-23(13-11-22)19-17-8-4-5-9-18(17)20-15-21-19/h1-2,4-5,8-9,15-16H,3,6-7,10-14H2. The third kappa shape index (κ3) is 3.22. The summed E-state index contributed by atoms with van der Waals surface area (Å²) in [5.74, 6) is 1.95. The Balaban J connectivity index is 1.41. The van der Waals surface area contributed by atoms with E-state index in [2.05, 4.69) is 50.1 Å². The maximum atomic E-state index is 4.56. The van der Waals surface area contributed by atoms with E-state index < -0.39 is 0 Å². The van der Waals surface area contributed by atoms with Crippen LogP contribution in [0.25, 0.3) is 10.9 Å². The lowest BCUT2D eigenvalue weighted by Crippen LogP contribution is -2.48. The predicted molar refractivity (Wildman–Crippen MR) is 94.7 cm³/mol. The van der Waals surface area contributed by atoms with Gasteiger partial charge in [-0.3, -0.25) is 4.90 Å². The first-order chi connectivity index (χ1) is 11.4. The minimum Gasteiger partial charge on any atom is -0.353 e. The molecule has 4 rings (SSSR count). The van der Waals surface area contributed by atoms with Crippen molar-refractivity contribution in [3.8, 4) is 0 Å². The molecule has 1 aromatic heterocycles. The lowest BCUT2D eigenvalue weighted by molar-refractivity contribution is 0.211. The van der Waals surface area contributed by atoms with E-state index in [1.54, 1.807) is 6.33 Å². The maximum absolute atomic E-state index is 4.56. The van der Waals surface area contributed by atoms with Crippen LogP contribution in [0.3, 0.4) is 0 Å². The van der Waals surface area contributed by atoms with Gasteiger partial charge in [-0.05, 0) is 37.3 Å². The van der Waals surface area contributed by atoms with E-state index in [0.29, 0.717) is 0 Å². The van der Waals surface area contributed by atoms with Crippen LogP contribution < -0.4 is 4.90 Å². The average Bonchev–Trinajstić information content (AvgIpc) is 2.63. The van der Waals surface area contributed by atoms with Crippen molar-refractivity contribution in [1.29, 1.82) is 0 Å². The molecule has 1 aliphatic heterocycles. The van der Waals surface area contributed by atoms with Crippen molar-refractivity contribution >= 4 is 16.7 Å². The molecule has 4 heteroatoms. The van der Waals surface area contributed by atoms with E-state index in [4.69, 9.17) is 0 Å². The maximum Gasteiger partial charge on any atom is 0.139 e. The Morgan fingerprint density at radius 2 is 1.87 bits per heavy atom. The van der Waals surface area contributed by atoms with Crippen molar-refractivity contribution in [3.05, 3.63) is 42.7 Å². The van der Waals surface area contributed by atoms with E-state index in [9.17, 15) is 0 Å². The zero-order valence-corrected chi connectivity index (χ0v) is 13.6. The Hall–Kier alpha value is -1.94. The highest BCUT2D eigenvalue weighted by molar-refractivity contribution is 5.89. The number of hydrogen-bond donors (Lipinski definition) is 0. The molecule has 2 aromatic rings. The minimum absolute atomic E-state index is 0.853. The van der Waals surface area contributed by atoms with Crippen LogP contribution in [0, 0.1) is 5.92 Å². The molecule has 23 heavy (non-hydrogen) atoms. The van der Waals surface area contributed by atoms with E-state index in [-0.39, 0.29) is 0 Å². The summed E-state index contributed by atoms with van der Waals surface area (Å²) < 4.78 is 0. The second-order valence-electron chi connectivity index (χ2n) is 6.65. The number of fused-ring (bicyclic) bond motifs is 1. The van der Waals surface area contributed by atoms with Gasteiger partial charge in [-0.2, -0.15) is 0 Å². The number of hydrogen-bond acceptors (Lipinski definition) is 4. The van der Waals surface area contributed by atoms with E-state index >= 15 is 0 Å². The quantitative estimate of drug-likeness (QED) is 0.816. The molecule has 2 heterocycles. The Morgan fingerprint density at radius 3 is 2.70 bits per heavy atom. The highest BCUT2D eigenvalue weighted by Gasteiger charge is 2.22. The zero-order valence-electron chi connectivity index (χ0n) is 13.6. The second kappa shape index (κ2) is 6.67. The average molecular weight is 308 g/mol. The molecule has 1 atom stereocenters. The van der Waals surface area contributed by atoms with Crippen LogP contribution in [-0.4, -0.2) is 47.6 Å². The predicted octanol–water partition coefficient (Wildman–Crippen LogP) is 3.11. The Kier molecular flexibility index (Phi) is 4.24. The fourth-order valence-corrected chi connectivity index (χ4v) is 3.77. The number of benzene rings is 1. The van der Waals surface area contributed by atoms with Gasteiger partial charge in [0.25, 0.3) is 0 Å². The summed E-state index contributed by atoms with van der Waals surface area (Å²) in [4.78, 5) is 14.0. The van der Waals surface area contributed by atoms with E-state index in [1.165, 1.54) is 31.2 Å². The summed E-state index contributed by atoms with van der Waals surface area (Å²) in [5, 5.41) is 1.17. The van der Waals surface area contributed by atoms with E-state index in [1.807, 2.05) is 6.07 Å². The second-order valence-corrected chi connectivity index (χ2v) is 6.65.